The maximum absolute atomic E-state index is 12.0. The monoisotopic (exact) mass is 267 g/mol. The predicted molar refractivity (Wildman–Crippen MR) is 81.8 cm³/mol. The van der Waals surface area contributed by atoms with Crippen LogP contribution in [-0.4, -0.2) is 10.8 Å². The molecule has 2 rings (SSSR count). The van der Waals surface area contributed by atoms with Crippen LogP contribution in [0.5, 0.6) is 0 Å². The molecule has 1 heterocycles. The van der Waals surface area contributed by atoms with Gasteiger partial charge in [-0.15, -0.1) is 0 Å². The van der Waals surface area contributed by atoms with Crippen LogP contribution in [0.3, 0.4) is 0 Å². The summed E-state index contributed by atoms with van der Waals surface area (Å²) in [7, 11) is 0. The maximum atomic E-state index is 12.0. The quantitative estimate of drug-likeness (QED) is 0.793. The van der Waals surface area contributed by atoms with Crippen molar-refractivity contribution in [2.75, 3.05) is 0 Å². The number of hydrogen-bond donors (Lipinski definition) is 0. The molecular weight excluding hydrogens is 246 g/mol. The van der Waals surface area contributed by atoms with Crippen LogP contribution in [0.15, 0.2) is 48.7 Å². The Kier molecular flexibility index (Phi) is 5.05. The number of aryl methyl sites for hydroxylation is 1. The van der Waals surface area contributed by atoms with E-state index in [1.165, 1.54) is 5.56 Å². The highest BCUT2D eigenvalue weighted by molar-refractivity contribution is 5.81. The first-order valence-electron chi connectivity index (χ1n) is 7.15. The molecule has 0 saturated carbocycles. The lowest BCUT2D eigenvalue weighted by Crippen LogP contribution is -2.05. The number of hydrogen-bond acceptors (Lipinski definition) is 2. The number of Topliss-reactive ketones (excluding diaryl/α,β-unsaturated/α-hetero) is 1. The molecule has 1 aromatic carbocycles. The fourth-order valence-electron chi connectivity index (χ4n) is 2.15. The summed E-state index contributed by atoms with van der Waals surface area (Å²) in [5, 5.41) is 0. The lowest BCUT2D eigenvalue weighted by molar-refractivity contribution is -0.118. The molecule has 0 unspecified atom stereocenters. The van der Waals surface area contributed by atoms with E-state index in [1.54, 1.807) is 6.20 Å². The second kappa shape index (κ2) is 6.99. The van der Waals surface area contributed by atoms with Crippen LogP contribution in [0.4, 0.5) is 0 Å². The summed E-state index contributed by atoms with van der Waals surface area (Å²) in [6, 6.07) is 14.2. The van der Waals surface area contributed by atoms with Crippen LogP contribution < -0.4 is 0 Å². The maximum Gasteiger partial charge on any atom is 0.137 e. The summed E-state index contributed by atoms with van der Waals surface area (Å²) in [6.07, 6.45) is 3.57. The predicted octanol–water partition coefficient (Wildman–Crippen LogP) is 3.95. The van der Waals surface area contributed by atoms with Crippen molar-refractivity contribution in [2.45, 2.75) is 39.0 Å². The zero-order chi connectivity index (χ0) is 14.4. The normalized spacial score (nSPS) is 10.8. The van der Waals surface area contributed by atoms with E-state index in [0.717, 1.165) is 17.7 Å². The molecule has 2 nitrogen and oxygen atoms in total. The van der Waals surface area contributed by atoms with Crippen molar-refractivity contribution < 1.29 is 4.79 Å². The van der Waals surface area contributed by atoms with Gasteiger partial charge in [0.25, 0.3) is 0 Å². The van der Waals surface area contributed by atoms with Gasteiger partial charge in [-0.1, -0.05) is 44.2 Å². The van der Waals surface area contributed by atoms with Crippen LogP contribution in [0.25, 0.3) is 0 Å². The molecule has 104 valence electrons. The van der Waals surface area contributed by atoms with Gasteiger partial charge in [-0.25, -0.2) is 0 Å². The third kappa shape index (κ3) is 4.30. The molecule has 0 radical (unpaired) electrons. The first-order valence-corrected chi connectivity index (χ1v) is 7.15. The Morgan fingerprint density at radius 2 is 1.85 bits per heavy atom. The molecule has 0 saturated heterocycles. The second-order valence-electron chi connectivity index (χ2n) is 5.43. The van der Waals surface area contributed by atoms with Crippen molar-refractivity contribution in [1.82, 2.24) is 4.98 Å². The van der Waals surface area contributed by atoms with Crippen molar-refractivity contribution in [3.05, 3.63) is 65.5 Å². The molecule has 0 aliphatic rings. The van der Waals surface area contributed by atoms with E-state index < -0.39 is 0 Å². The highest BCUT2D eigenvalue weighted by Gasteiger charge is 2.06. The van der Waals surface area contributed by atoms with Gasteiger partial charge in [0.1, 0.15) is 5.78 Å². The summed E-state index contributed by atoms with van der Waals surface area (Å²) in [5.41, 5.74) is 3.39. The standard InChI is InChI=1S/C18H21NO/c1-14(2)16-8-6-15(7-9-16)13-18(20)11-10-17-5-3-4-12-19-17/h3-9,12,14H,10-11,13H2,1-2H3. The van der Waals surface area contributed by atoms with Gasteiger partial charge < -0.3 is 0 Å². The minimum Gasteiger partial charge on any atom is -0.299 e. The SMILES string of the molecule is CC(C)c1ccc(CC(=O)CCc2ccccn2)cc1. The molecule has 0 amide bonds. The number of benzene rings is 1. The van der Waals surface area contributed by atoms with E-state index in [9.17, 15) is 4.79 Å². The van der Waals surface area contributed by atoms with E-state index >= 15 is 0 Å². The first-order chi connectivity index (χ1) is 9.65. The molecule has 0 fully saturated rings. The fraction of sp³-hybridized carbons (Fsp3) is 0.333. The Morgan fingerprint density at radius 3 is 2.45 bits per heavy atom. The van der Waals surface area contributed by atoms with Crippen LogP contribution in [0.2, 0.25) is 0 Å². The van der Waals surface area contributed by atoms with Gasteiger partial charge in [0, 0.05) is 24.7 Å². The number of ketones is 1. The van der Waals surface area contributed by atoms with Crippen molar-refractivity contribution in [1.29, 1.82) is 0 Å². The summed E-state index contributed by atoms with van der Waals surface area (Å²) in [4.78, 5) is 16.2. The zero-order valence-corrected chi connectivity index (χ0v) is 12.2. The number of rotatable bonds is 6. The number of carbonyl (C=O) groups excluding carboxylic acids is 1. The van der Waals surface area contributed by atoms with Crippen molar-refractivity contribution >= 4 is 5.78 Å². The van der Waals surface area contributed by atoms with E-state index in [0.29, 0.717) is 18.8 Å². The number of nitrogens with zero attached hydrogens (tertiary/aromatic N) is 1. The molecule has 0 aliphatic heterocycles. The lowest BCUT2D eigenvalue weighted by Gasteiger charge is -2.06. The van der Waals surface area contributed by atoms with Gasteiger partial charge in [0.05, 0.1) is 0 Å². The van der Waals surface area contributed by atoms with Crippen molar-refractivity contribution in [3.63, 3.8) is 0 Å². The van der Waals surface area contributed by atoms with E-state index in [2.05, 4.69) is 43.1 Å². The van der Waals surface area contributed by atoms with Crippen LogP contribution in [-0.2, 0) is 17.6 Å². The third-order valence-corrected chi connectivity index (χ3v) is 3.43. The van der Waals surface area contributed by atoms with Gasteiger partial charge in [-0.05, 0) is 35.6 Å². The summed E-state index contributed by atoms with van der Waals surface area (Å²) in [5.74, 6) is 0.803. The molecule has 0 bridgehead atoms. The average molecular weight is 267 g/mol. The molecule has 20 heavy (non-hydrogen) atoms. The Labute approximate surface area is 120 Å². The summed E-state index contributed by atoms with van der Waals surface area (Å²) in [6.45, 7) is 4.35. The minimum atomic E-state index is 0.271. The van der Waals surface area contributed by atoms with E-state index in [-0.39, 0.29) is 5.78 Å². The zero-order valence-electron chi connectivity index (χ0n) is 12.2. The minimum absolute atomic E-state index is 0.271. The van der Waals surface area contributed by atoms with Gasteiger partial charge in [-0.2, -0.15) is 0 Å². The number of carbonyl (C=O) groups is 1. The summed E-state index contributed by atoms with van der Waals surface area (Å²) < 4.78 is 0. The molecule has 2 heteroatoms. The largest absolute Gasteiger partial charge is 0.299 e. The lowest BCUT2D eigenvalue weighted by atomic mass is 9.99. The average Bonchev–Trinajstić information content (AvgIpc) is 2.47. The Hall–Kier alpha value is -1.96. The number of aromatic nitrogens is 1. The molecular formula is C18H21NO. The highest BCUT2D eigenvalue weighted by atomic mass is 16.1. The molecule has 0 spiro atoms. The van der Waals surface area contributed by atoms with E-state index in [4.69, 9.17) is 0 Å². The smallest absolute Gasteiger partial charge is 0.137 e. The van der Waals surface area contributed by atoms with Crippen LogP contribution in [0, 0.1) is 0 Å². The fourth-order valence-corrected chi connectivity index (χ4v) is 2.15. The Balaban J connectivity index is 1.85. The van der Waals surface area contributed by atoms with Crippen LogP contribution >= 0.6 is 0 Å². The van der Waals surface area contributed by atoms with Gasteiger partial charge in [0.15, 0.2) is 0 Å². The molecule has 0 atom stereocenters. The second-order valence-corrected chi connectivity index (χ2v) is 5.43. The molecule has 0 aliphatic carbocycles. The van der Waals surface area contributed by atoms with Crippen molar-refractivity contribution in [2.24, 2.45) is 0 Å². The highest BCUT2D eigenvalue weighted by Crippen LogP contribution is 2.15. The Morgan fingerprint density at radius 1 is 1.10 bits per heavy atom. The molecule has 1 aromatic heterocycles. The topological polar surface area (TPSA) is 30.0 Å². The van der Waals surface area contributed by atoms with E-state index in [1.807, 2.05) is 18.2 Å². The summed E-state index contributed by atoms with van der Waals surface area (Å²) >= 11 is 0. The Bertz CT molecular complexity index is 543. The molecule has 0 N–H and O–H groups in total. The number of pyridine rings is 1. The van der Waals surface area contributed by atoms with Gasteiger partial charge in [0.2, 0.25) is 0 Å². The molecule has 2 aromatic rings. The first kappa shape index (κ1) is 14.4. The third-order valence-electron chi connectivity index (χ3n) is 3.43. The van der Waals surface area contributed by atoms with Crippen molar-refractivity contribution in [3.8, 4) is 0 Å². The van der Waals surface area contributed by atoms with Gasteiger partial charge >= 0.3 is 0 Å². The van der Waals surface area contributed by atoms with Crippen LogP contribution in [0.1, 0.15) is 43.0 Å². The van der Waals surface area contributed by atoms with Gasteiger partial charge in [-0.3, -0.25) is 9.78 Å².